The molecule has 2 N–H and O–H groups in total. The fourth-order valence-electron chi connectivity index (χ4n) is 2.07. The van der Waals surface area contributed by atoms with E-state index in [0.29, 0.717) is 10.8 Å². The Bertz CT molecular complexity index is 693. The minimum atomic E-state index is -0.361. The molecule has 124 valence electrons. The van der Waals surface area contributed by atoms with Crippen molar-refractivity contribution in [1.82, 2.24) is 9.97 Å². The molecular weight excluding hydrogens is 314 g/mol. The van der Waals surface area contributed by atoms with E-state index in [-0.39, 0.29) is 17.0 Å². The number of ether oxygens (including phenoxy) is 1. The van der Waals surface area contributed by atoms with Crippen LogP contribution >= 0.6 is 11.3 Å². The van der Waals surface area contributed by atoms with Gasteiger partial charge in [-0.25, -0.2) is 4.98 Å². The van der Waals surface area contributed by atoms with Crippen LogP contribution in [0, 0.1) is 13.8 Å². The maximum absolute atomic E-state index is 11.8. The van der Waals surface area contributed by atoms with E-state index in [1.54, 1.807) is 6.92 Å². The first-order chi connectivity index (χ1) is 11.0. The number of aryl methyl sites for hydroxylation is 2. The number of carbonyl (C=O) groups excluding carboxylic acids is 1. The number of H-pyrrole nitrogens is 1. The van der Waals surface area contributed by atoms with Crippen LogP contribution in [0.4, 0.5) is 5.13 Å². The van der Waals surface area contributed by atoms with Crippen LogP contribution in [0.1, 0.15) is 41.1 Å². The number of hydrogen-bond donors (Lipinski definition) is 2. The van der Waals surface area contributed by atoms with E-state index in [2.05, 4.69) is 15.3 Å². The zero-order chi connectivity index (χ0) is 16.7. The highest BCUT2D eigenvalue weighted by Gasteiger charge is 2.09. The smallest absolute Gasteiger partial charge is 0.274 e. The summed E-state index contributed by atoms with van der Waals surface area (Å²) < 4.78 is 5.07. The molecule has 0 atom stereocenters. The van der Waals surface area contributed by atoms with Crippen LogP contribution in [0.5, 0.6) is 0 Å². The zero-order valence-electron chi connectivity index (χ0n) is 13.3. The molecule has 0 saturated carbocycles. The molecule has 1 aliphatic heterocycles. The lowest BCUT2D eigenvalue weighted by Gasteiger charge is -2.08. The lowest BCUT2D eigenvalue weighted by molar-refractivity contribution is 0.0968. The van der Waals surface area contributed by atoms with Gasteiger partial charge in [-0.3, -0.25) is 14.9 Å². The molecule has 1 saturated heterocycles. The predicted molar refractivity (Wildman–Crippen MR) is 91.3 cm³/mol. The second-order valence-corrected chi connectivity index (χ2v) is 6.19. The van der Waals surface area contributed by atoms with Crippen molar-refractivity contribution in [3.05, 3.63) is 44.8 Å². The van der Waals surface area contributed by atoms with Crippen LogP contribution in [0.2, 0.25) is 0 Å². The molecule has 1 amide bonds. The standard InChI is InChI=1S/C11H11N3O2S.C5H10O/c1-6-3-8(15)4-9(12-6)10(16)14-11-13-7(2)5-17-11;1-2-4-6-5-3-1/h3-5H,1-2H3,(H,12,15)(H,13,14,16);1-5H2. The Morgan fingerprint density at radius 1 is 1.26 bits per heavy atom. The number of aromatic nitrogens is 2. The highest BCUT2D eigenvalue weighted by molar-refractivity contribution is 7.13. The third-order valence-electron chi connectivity index (χ3n) is 3.14. The van der Waals surface area contributed by atoms with E-state index in [0.717, 1.165) is 18.9 Å². The second kappa shape index (κ2) is 8.59. The number of carbonyl (C=O) groups is 1. The third-order valence-corrected chi connectivity index (χ3v) is 4.01. The number of hydrogen-bond acceptors (Lipinski definition) is 5. The Balaban J connectivity index is 0.000000268. The van der Waals surface area contributed by atoms with E-state index in [9.17, 15) is 9.59 Å². The van der Waals surface area contributed by atoms with Gasteiger partial charge in [-0.15, -0.1) is 11.3 Å². The number of nitrogens with zero attached hydrogens (tertiary/aromatic N) is 1. The van der Waals surface area contributed by atoms with E-state index >= 15 is 0 Å². The van der Waals surface area contributed by atoms with Gasteiger partial charge in [-0.05, 0) is 33.1 Å². The lowest BCUT2D eigenvalue weighted by atomic mass is 10.2. The van der Waals surface area contributed by atoms with Gasteiger partial charge in [-0.2, -0.15) is 0 Å². The van der Waals surface area contributed by atoms with Crippen LogP contribution in [0.3, 0.4) is 0 Å². The van der Waals surface area contributed by atoms with Gasteiger partial charge in [0, 0.05) is 36.4 Å². The number of rotatable bonds is 2. The average Bonchev–Trinajstić information content (AvgIpc) is 2.94. The van der Waals surface area contributed by atoms with Gasteiger partial charge < -0.3 is 9.72 Å². The fraction of sp³-hybridized carbons (Fsp3) is 0.438. The molecular formula is C16H21N3O3S. The molecule has 1 fully saturated rings. The number of pyridine rings is 1. The Kier molecular flexibility index (Phi) is 6.49. The number of nitrogens with one attached hydrogen (secondary N) is 2. The molecule has 0 aliphatic carbocycles. The molecule has 0 spiro atoms. The number of amides is 1. The molecule has 23 heavy (non-hydrogen) atoms. The summed E-state index contributed by atoms with van der Waals surface area (Å²) in [4.78, 5) is 30.0. The van der Waals surface area contributed by atoms with Gasteiger partial charge in [0.1, 0.15) is 5.69 Å². The van der Waals surface area contributed by atoms with E-state index in [1.165, 1.54) is 42.7 Å². The Morgan fingerprint density at radius 3 is 2.48 bits per heavy atom. The van der Waals surface area contributed by atoms with Crippen molar-refractivity contribution in [2.75, 3.05) is 18.5 Å². The Labute approximate surface area is 138 Å². The monoisotopic (exact) mass is 335 g/mol. The topological polar surface area (TPSA) is 84.1 Å². The minimum Gasteiger partial charge on any atom is -0.381 e. The van der Waals surface area contributed by atoms with E-state index < -0.39 is 0 Å². The van der Waals surface area contributed by atoms with Crippen molar-refractivity contribution < 1.29 is 9.53 Å². The van der Waals surface area contributed by atoms with Crippen molar-refractivity contribution in [3.8, 4) is 0 Å². The van der Waals surface area contributed by atoms with Gasteiger partial charge in [0.15, 0.2) is 10.6 Å². The summed E-state index contributed by atoms with van der Waals surface area (Å²) in [5.41, 5.74) is 1.55. The molecule has 0 unspecified atom stereocenters. The van der Waals surface area contributed by atoms with Crippen molar-refractivity contribution in [2.24, 2.45) is 0 Å². The summed E-state index contributed by atoms with van der Waals surface area (Å²) in [6, 6.07) is 2.70. The summed E-state index contributed by atoms with van der Waals surface area (Å²) >= 11 is 1.35. The van der Waals surface area contributed by atoms with Crippen molar-refractivity contribution in [1.29, 1.82) is 0 Å². The summed E-state index contributed by atoms with van der Waals surface area (Å²) in [5, 5.41) is 5.00. The molecule has 0 bridgehead atoms. The highest BCUT2D eigenvalue weighted by atomic mass is 32.1. The first kappa shape index (κ1) is 17.4. The van der Waals surface area contributed by atoms with E-state index in [4.69, 9.17) is 4.74 Å². The van der Waals surface area contributed by atoms with Crippen LogP contribution in [-0.2, 0) is 4.74 Å². The molecule has 1 aliphatic rings. The SMILES string of the molecule is C1CCOCC1.Cc1csc(NC(=O)c2cc(=O)cc(C)[nH]2)n1. The maximum atomic E-state index is 11.8. The van der Waals surface area contributed by atoms with Crippen LogP contribution in [-0.4, -0.2) is 29.1 Å². The molecule has 3 rings (SSSR count). The number of aromatic amines is 1. The van der Waals surface area contributed by atoms with Gasteiger partial charge >= 0.3 is 0 Å². The number of anilines is 1. The zero-order valence-corrected chi connectivity index (χ0v) is 14.2. The van der Waals surface area contributed by atoms with Crippen molar-refractivity contribution in [3.63, 3.8) is 0 Å². The Hall–Kier alpha value is -1.99. The van der Waals surface area contributed by atoms with Gasteiger partial charge in [-0.1, -0.05) is 0 Å². The highest BCUT2D eigenvalue weighted by Crippen LogP contribution is 2.14. The average molecular weight is 335 g/mol. The lowest BCUT2D eigenvalue weighted by Crippen LogP contribution is -2.17. The summed E-state index contributed by atoms with van der Waals surface area (Å²) in [6.07, 6.45) is 3.93. The molecule has 6 nitrogen and oxygen atoms in total. The molecule has 0 radical (unpaired) electrons. The van der Waals surface area contributed by atoms with Crippen molar-refractivity contribution >= 4 is 22.4 Å². The molecule has 0 aromatic carbocycles. The molecule has 7 heteroatoms. The Morgan fingerprint density at radius 2 is 2.00 bits per heavy atom. The number of thiazole rings is 1. The normalized spacial score (nSPS) is 13.8. The minimum absolute atomic E-state index is 0.193. The molecule has 2 aromatic rings. The second-order valence-electron chi connectivity index (χ2n) is 5.33. The molecule has 2 aromatic heterocycles. The summed E-state index contributed by atoms with van der Waals surface area (Å²) in [6.45, 7) is 5.58. The quantitative estimate of drug-likeness (QED) is 0.884. The summed E-state index contributed by atoms with van der Waals surface area (Å²) in [5.74, 6) is -0.361. The molecule has 3 heterocycles. The largest absolute Gasteiger partial charge is 0.381 e. The fourth-order valence-corrected chi connectivity index (χ4v) is 2.75. The summed E-state index contributed by atoms with van der Waals surface area (Å²) in [7, 11) is 0. The third kappa shape index (κ3) is 5.96. The van der Waals surface area contributed by atoms with Crippen LogP contribution in [0.25, 0.3) is 0 Å². The predicted octanol–water partition coefficient (Wildman–Crippen LogP) is 2.89. The van der Waals surface area contributed by atoms with E-state index in [1.807, 2.05) is 12.3 Å². The van der Waals surface area contributed by atoms with Gasteiger partial charge in [0.25, 0.3) is 5.91 Å². The van der Waals surface area contributed by atoms with Gasteiger partial charge in [0.05, 0.1) is 5.69 Å². The first-order valence-electron chi connectivity index (χ1n) is 7.57. The first-order valence-corrected chi connectivity index (χ1v) is 8.45. The van der Waals surface area contributed by atoms with Crippen molar-refractivity contribution in [2.45, 2.75) is 33.1 Å². The van der Waals surface area contributed by atoms with Crippen LogP contribution in [0.15, 0.2) is 22.3 Å². The maximum Gasteiger partial charge on any atom is 0.274 e. The van der Waals surface area contributed by atoms with Gasteiger partial charge in [0.2, 0.25) is 0 Å². The van der Waals surface area contributed by atoms with Crippen LogP contribution < -0.4 is 10.7 Å².